The minimum atomic E-state index is -0.367. The van der Waals surface area contributed by atoms with E-state index in [-0.39, 0.29) is 24.2 Å². The van der Waals surface area contributed by atoms with Crippen LogP contribution >= 0.6 is 22.9 Å². The number of amides is 2. The van der Waals surface area contributed by atoms with Crippen LogP contribution in [0.4, 0.5) is 5.69 Å². The second kappa shape index (κ2) is 9.79. The first-order chi connectivity index (χ1) is 16.6. The third kappa shape index (κ3) is 4.88. The predicted octanol–water partition coefficient (Wildman–Crippen LogP) is 5.80. The van der Waals surface area contributed by atoms with Crippen molar-refractivity contribution in [3.8, 4) is 21.8 Å². The SMILES string of the molecule is O=C(NCc1ccc(-c2nc(-c3ccccc3)cs2)cc1)C1CC(=O)N(c2ccc(Cl)cc2)C1. The zero-order chi connectivity index (χ0) is 23.5. The van der Waals surface area contributed by atoms with Crippen LogP contribution in [0.3, 0.4) is 0 Å². The summed E-state index contributed by atoms with van der Waals surface area (Å²) in [5, 5.41) is 6.61. The van der Waals surface area contributed by atoms with Gasteiger partial charge >= 0.3 is 0 Å². The maximum Gasteiger partial charge on any atom is 0.227 e. The summed E-state index contributed by atoms with van der Waals surface area (Å²) in [5.74, 6) is -0.527. The predicted molar refractivity (Wildman–Crippen MR) is 137 cm³/mol. The number of anilines is 1. The molecule has 1 saturated heterocycles. The van der Waals surface area contributed by atoms with E-state index in [1.165, 1.54) is 0 Å². The third-order valence-electron chi connectivity index (χ3n) is 5.88. The molecule has 1 atom stereocenters. The second-order valence-corrected chi connectivity index (χ2v) is 9.49. The summed E-state index contributed by atoms with van der Waals surface area (Å²) in [6.07, 6.45) is 0.210. The van der Waals surface area contributed by atoms with Gasteiger partial charge in [-0.25, -0.2) is 4.98 Å². The number of thiazole rings is 1. The van der Waals surface area contributed by atoms with Crippen molar-refractivity contribution >= 4 is 40.4 Å². The fourth-order valence-corrected chi connectivity index (χ4v) is 4.96. The molecule has 0 radical (unpaired) electrons. The van der Waals surface area contributed by atoms with Gasteiger partial charge in [0.15, 0.2) is 0 Å². The van der Waals surface area contributed by atoms with Crippen LogP contribution < -0.4 is 10.2 Å². The Morgan fingerprint density at radius 2 is 1.74 bits per heavy atom. The molecular formula is C27H22ClN3O2S. The van der Waals surface area contributed by atoms with Gasteiger partial charge in [0.25, 0.3) is 0 Å². The number of benzene rings is 3. The number of aromatic nitrogens is 1. The molecule has 170 valence electrons. The van der Waals surface area contributed by atoms with Crippen molar-refractivity contribution < 1.29 is 9.59 Å². The van der Waals surface area contributed by atoms with Crippen molar-refractivity contribution in [3.63, 3.8) is 0 Å². The molecule has 34 heavy (non-hydrogen) atoms. The summed E-state index contributed by atoms with van der Waals surface area (Å²) >= 11 is 7.55. The lowest BCUT2D eigenvalue weighted by Gasteiger charge is -2.16. The lowest BCUT2D eigenvalue weighted by molar-refractivity contribution is -0.126. The van der Waals surface area contributed by atoms with Crippen molar-refractivity contribution in [1.29, 1.82) is 0 Å². The summed E-state index contributed by atoms with van der Waals surface area (Å²) in [7, 11) is 0. The van der Waals surface area contributed by atoms with Crippen LogP contribution in [-0.2, 0) is 16.1 Å². The van der Waals surface area contributed by atoms with E-state index in [1.807, 2.05) is 42.5 Å². The van der Waals surface area contributed by atoms with Gasteiger partial charge in [0.05, 0.1) is 11.6 Å². The topological polar surface area (TPSA) is 62.3 Å². The maximum absolute atomic E-state index is 12.7. The molecule has 2 amide bonds. The van der Waals surface area contributed by atoms with Crippen LogP contribution in [0.5, 0.6) is 0 Å². The van der Waals surface area contributed by atoms with E-state index in [9.17, 15) is 9.59 Å². The Hall–Kier alpha value is -3.48. The van der Waals surface area contributed by atoms with E-state index in [0.717, 1.165) is 33.1 Å². The van der Waals surface area contributed by atoms with E-state index in [2.05, 4.69) is 22.8 Å². The van der Waals surface area contributed by atoms with Crippen LogP contribution in [-0.4, -0.2) is 23.3 Å². The number of rotatable bonds is 6. The molecule has 0 saturated carbocycles. The molecule has 0 aliphatic carbocycles. The molecule has 1 aromatic heterocycles. The van der Waals surface area contributed by atoms with Gasteiger partial charge in [-0.2, -0.15) is 0 Å². The van der Waals surface area contributed by atoms with Gasteiger partial charge in [-0.3, -0.25) is 9.59 Å². The zero-order valence-electron chi connectivity index (χ0n) is 18.3. The first-order valence-electron chi connectivity index (χ1n) is 11.0. The second-order valence-electron chi connectivity index (χ2n) is 8.20. The first-order valence-corrected chi connectivity index (χ1v) is 12.3. The zero-order valence-corrected chi connectivity index (χ0v) is 19.9. The molecule has 5 nitrogen and oxygen atoms in total. The molecule has 1 aliphatic heterocycles. The first kappa shape index (κ1) is 22.3. The molecule has 5 rings (SSSR count). The summed E-state index contributed by atoms with van der Waals surface area (Å²) in [4.78, 5) is 31.5. The van der Waals surface area contributed by atoms with Crippen molar-refractivity contribution in [2.45, 2.75) is 13.0 Å². The highest BCUT2D eigenvalue weighted by Gasteiger charge is 2.34. The van der Waals surface area contributed by atoms with Gasteiger partial charge in [-0.05, 0) is 29.8 Å². The number of carbonyl (C=O) groups is 2. The van der Waals surface area contributed by atoms with Crippen molar-refractivity contribution in [2.24, 2.45) is 5.92 Å². The standard InChI is InChI=1S/C27H22ClN3O2S/c28-22-10-12-23(13-11-22)31-16-21(14-25(31)32)26(33)29-15-18-6-8-20(9-7-18)27-30-24(17-34-27)19-4-2-1-3-5-19/h1-13,17,21H,14-16H2,(H,29,33). The molecule has 1 aliphatic rings. The van der Waals surface area contributed by atoms with Crippen LogP contribution in [0.25, 0.3) is 21.8 Å². The van der Waals surface area contributed by atoms with Gasteiger partial charge < -0.3 is 10.2 Å². The highest BCUT2D eigenvalue weighted by Crippen LogP contribution is 2.29. The molecule has 0 spiro atoms. The number of hydrogen-bond acceptors (Lipinski definition) is 4. The smallest absolute Gasteiger partial charge is 0.227 e. The Morgan fingerprint density at radius 1 is 1.00 bits per heavy atom. The number of carbonyl (C=O) groups excluding carboxylic acids is 2. The summed E-state index contributed by atoms with van der Waals surface area (Å²) in [6.45, 7) is 0.789. The average molecular weight is 488 g/mol. The Bertz CT molecular complexity index is 1300. The highest BCUT2D eigenvalue weighted by atomic mass is 35.5. The van der Waals surface area contributed by atoms with Crippen molar-refractivity contribution in [2.75, 3.05) is 11.4 Å². The molecule has 1 unspecified atom stereocenters. The van der Waals surface area contributed by atoms with Crippen LogP contribution in [0.15, 0.2) is 84.2 Å². The lowest BCUT2D eigenvalue weighted by atomic mass is 10.1. The van der Waals surface area contributed by atoms with E-state index < -0.39 is 0 Å². The normalized spacial score (nSPS) is 15.5. The summed E-state index contributed by atoms with van der Waals surface area (Å²) in [6, 6.07) is 25.3. The molecule has 0 bridgehead atoms. The molecule has 7 heteroatoms. The van der Waals surface area contributed by atoms with Crippen LogP contribution in [0, 0.1) is 5.92 Å². The minimum Gasteiger partial charge on any atom is -0.352 e. The van der Waals surface area contributed by atoms with E-state index >= 15 is 0 Å². The number of hydrogen-bond donors (Lipinski definition) is 1. The van der Waals surface area contributed by atoms with Crippen molar-refractivity contribution in [3.05, 3.63) is 94.8 Å². The number of nitrogens with zero attached hydrogens (tertiary/aromatic N) is 2. The van der Waals surface area contributed by atoms with E-state index in [0.29, 0.717) is 18.1 Å². The largest absolute Gasteiger partial charge is 0.352 e. The molecule has 2 heterocycles. The average Bonchev–Trinajstić information content (AvgIpc) is 3.51. The van der Waals surface area contributed by atoms with Gasteiger partial charge in [0.2, 0.25) is 11.8 Å². The molecule has 1 N–H and O–H groups in total. The molecule has 3 aromatic carbocycles. The molecular weight excluding hydrogens is 466 g/mol. The Morgan fingerprint density at radius 3 is 2.47 bits per heavy atom. The fourth-order valence-electron chi connectivity index (χ4n) is 4.00. The Kier molecular flexibility index (Phi) is 6.43. The van der Waals surface area contributed by atoms with Gasteiger partial charge in [0.1, 0.15) is 5.01 Å². The van der Waals surface area contributed by atoms with Crippen LogP contribution in [0.2, 0.25) is 5.02 Å². The van der Waals surface area contributed by atoms with E-state index in [4.69, 9.17) is 16.6 Å². The van der Waals surface area contributed by atoms with E-state index in [1.54, 1.807) is 40.5 Å². The highest BCUT2D eigenvalue weighted by molar-refractivity contribution is 7.13. The number of halogens is 1. The molecule has 1 fully saturated rings. The molecule has 4 aromatic rings. The fraction of sp³-hybridized carbons (Fsp3) is 0.148. The van der Waals surface area contributed by atoms with Gasteiger partial charge in [0, 0.05) is 46.7 Å². The monoisotopic (exact) mass is 487 g/mol. The Labute approximate surface area is 207 Å². The quantitative estimate of drug-likeness (QED) is 0.374. The minimum absolute atomic E-state index is 0.0508. The van der Waals surface area contributed by atoms with Gasteiger partial charge in [-0.15, -0.1) is 11.3 Å². The third-order valence-corrected chi connectivity index (χ3v) is 7.02. The summed E-state index contributed by atoms with van der Waals surface area (Å²) < 4.78 is 0. The lowest BCUT2D eigenvalue weighted by Crippen LogP contribution is -2.32. The van der Waals surface area contributed by atoms with Crippen molar-refractivity contribution in [1.82, 2.24) is 10.3 Å². The summed E-state index contributed by atoms with van der Waals surface area (Å²) in [5.41, 5.74) is 4.87. The Balaban J connectivity index is 1.18. The maximum atomic E-state index is 12.7. The van der Waals surface area contributed by atoms with Crippen LogP contribution in [0.1, 0.15) is 12.0 Å². The number of nitrogens with one attached hydrogen (secondary N) is 1. The van der Waals surface area contributed by atoms with Gasteiger partial charge in [-0.1, -0.05) is 66.2 Å².